The van der Waals surface area contributed by atoms with Crippen molar-refractivity contribution in [2.75, 3.05) is 19.0 Å². The SMILES string of the molecule is CCCNc1nc(C)ccc1C(=O)OC. The van der Waals surface area contributed by atoms with E-state index in [9.17, 15) is 4.79 Å². The van der Waals surface area contributed by atoms with E-state index in [1.54, 1.807) is 12.1 Å². The topological polar surface area (TPSA) is 51.2 Å². The van der Waals surface area contributed by atoms with Crippen LogP contribution in [-0.2, 0) is 4.74 Å². The number of rotatable bonds is 4. The van der Waals surface area contributed by atoms with Gasteiger partial charge in [-0.25, -0.2) is 9.78 Å². The zero-order chi connectivity index (χ0) is 11.3. The van der Waals surface area contributed by atoms with E-state index in [1.807, 2.05) is 6.92 Å². The van der Waals surface area contributed by atoms with Crippen molar-refractivity contribution in [2.45, 2.75) is 20.3 Å². The van der Waals surface area contributed by atoms with Gasteiger partial charge in [-0.1, -0.05) is 6.92 Å². The molecule has 0 amide bonds. The maximum absolute atomic E-state index is 11.4. The highest BCUT2D eigenvalue weighted by Crippen LogP contribution is 2.14. The number of hydrogen-bond acceptors (Lipinski definition) is 4. The second-order valence-electron chi connectivity index (χ2n) is 3.27. The number of carbonyl (C=O) groups is 1. The fourth-order valence-corrected chi connectivity index (χ4v) is 1.21. The molecule has 0 bridgehead atoms. The Labute approximate surface area is 89.7 Å². The molecular formula is C11H16N2O2. The number of aryl methyl sites for hydroxylation is 1. The molecule has 1 N–H and O–H groups in total. The number of anilines is 1. The maximum atomic E-state index is 11.4. The third-order valence-corrected chi connectivity index (χ3v) is 1.98. The quantitative estimate of drug-likeness (QED) is 0.769. The lowest BCUT2D eigenvalue weighted by Crippen LogP contribution is -2.11. The first-order valence-corrected chi connectivity index (χ1v) is 4.99. The number of carbonyl (C=O) groups excluding carboxylic acids is 1. The van der Waals surface area contributed by atoms with Crippen LogP contribution in [0.2, 0.25) is 0 Å². The predicted octanol–water partition coefficient (Wildman–Crippen LogP) is 2.00. The molecule has 0 spiro atoms. The molecule has 0 aromatic carbocycles. The van der Waals surface area contributed by atoms with Crippen LogP contribution >= 0.6 is 0 Å². The van der Waals surface area contributed by atoms with Crippen LogP contribution in [-0.4, -0.2) is 24.6 Å². The number of aromatic nitrogens is 1. The summed E-state index contributed by atoms with van der Waals surface area (Å²) in [6, 6.07) is 3.52. The van der Waals surface area contributed by atoms with Gasteiger partial charge in [-0.2, -0.15) is 0 Å². The lowest BCUT2D eigenvalue weighted by Gasteiger charge is -2.09. The van der Waals surface area contributed by atoms with Gasteiger partial charge in [-0.05, 0) is 25.5 Å². The molecule has 4 nitrogen and oxygen atoms in total. The first-order valence-electron chi connectivity index (χ1n) is 4.99. The van der Waals surface area contributed by atoms with Crippen molar-refractivity contribution < 1.29 is 9.53 Å². The third kappa shape index (κ3) is 2.94. The van der Waals surface area contributed by atoms with Gasteiger partial charge in [-0.3, -0.25) is 0 Å². The van der Waals surface area contributed by atoms with Crippen LogP contribution in [0.5, 0.6) is 0 Å². The van der Waals surface area contributed by atoms with Crippen molar-refractivity contribution >= 4 is 11.8 Å². The fourth-order valence-electron chi connectivity index (χ4n) is 1.21. The largest absolute Gasteiger partial charge is 0.465 e. The Hall–Kier alpha value is -1.58. The van der Waals surface area contributed by atoms with Crippen LogP contribution in [0.1, 0.15) is 29.4 Å². The predicted molar refractivity (Wildman–Crippen MR) is 59.1 cm³/mol. The van der Waals surface area contributed by atoms with E-state index in [0.29, 0.717) is 11.4 Å². The van der Waals surface area contributed by atoms with Crippen molar-refractivity contribution in [1.82, 2.24) is 4.98 Å². The summed E-state index contributed by atoms with van der Waals surface area (Å²) in [6.45, 7) is 4.74. The summed E-state index contributed by atoms with van der Waals surface area (Å²) in [5.74, 6) is 0.241. The molecule has 0 fully saturated rings. The van der Waals surface area contributed by atoms with Crippen molar-refractivity contribution in [1.29, 1.82) is 0 Å². The van der Waals surface area contributed by atoms with Crippen molar-refractivity contribution in [3.63, 3.8) is 0 Å². The van der Waals surface area contributed by atoms with E-state index >= 15 is 0 Å². The molecule has 0 aliphatic rings. The number of nitrogens with one attached hydrogen (secondary N) is 1. The second-order valence-corrected chi connectivity index (χ2v) is 3.27. The Morgan fingerprint density at radius 2 is 2.27 bits per heavy atom. The first kappa shape index (κ1) is 11.5. The highest BCUT2D eigenvalue weighted by molar-refractivity contribution is 5.94. The van der Waals surface area contributed by atoms with Crippen LogP contribution in [0.4, 0.5) is 5.82 Å². The molecule has 0 radical (unpaired) electrons. The van der Waals surface area contributed by atoms with Gasteiger partial charge >= 0.3 is 5.97 Å². The van der Waals surface area contributed by atoms with Gasteiger partial charge in [0.25, 0.3) is 0 Å². The highest BCUT2D eigenvalue weighted by Gasteiger charge is 2.12. The molecule has 1 aromatic rings. The number of pyridine rings is 1. The minimum absolute atomic E-state index is 0.360. The molecular weight excluding hydrogens is 192 g/mol. The van der Waals surface area contributed by atoms with E-state index < -0.39 is 0 Å². The van der Waals surface area contributed by atoms with Gasteiger partial charge in [0.05, 0.1) is 7.11 Å². The Balaban J connectivity index is 2.97. The Kier molecular flexibility index (Phi) is 4.09. The molecule has 1 heterocycles. The van der Waals surface area contributed by atoms with Crippen molar-refractivity contribution in [2.24, 2.45) is 0 Å². The molecule has 0 atom stereocenters. The van der Waals surface area contributed by atoms with Gasteiger partial charge < -0.3 is 10.1 Å². The number of ether oxygens (including phenoxy) is 1. The van der Waals surface area contributed by atoms with E-state index in [2.05, 4.69) is 22.0 Å². The molecule has 0 saturated carbocycles. The van der Waals surface area contributed by atoms with Crippen LogP contribution in [0.15, 0.2) is 12.1 Å². The summed E-state index contributed by atoms with van der Waals surface area (Å²) in [7, 11) is 1.37. The summed E-state index contributed by atoms with van der Waals surface area (Å²) < 4.78 is 4.68. The molecule has 0 saturated heterocycles. The van der Waals surface area contributed by atoms with Gasteiger partial charge in [0.1, 0.15) is 11.4 Å². The average Bonchev–Trinajstić information content (AvgIpc) is 2.25. The third-order valence-electron chi connectivity index (χ3n) is 1.98. The van der Waals surface area contributed by atoms with Crippen LogP contribution < -0.4 is 5.32 Å². The molecule has 0 unspecified atom stereocenters. The Morgan fingerprint density at radius 1 is 1.53 bits per heavy atom. The van der Waals surface area contributed by atoms with Gasteiger partial charge in [0, 0.05) is 12.2 Å². The summed E-state index contributed by atoms with van der Waals surface area (Å²) in [5, 5.41) is 3.11. The van der Waals surface area contributed by atoms with Gasteiger partial charge in [0.2, 0.25) is 0 Å². The van der Waals surface area contributed by atoms with E-state index in [1.165, 1.54) is 7.11 Å². The standard InChI is InChI=1S/C11H16N2O2/c1-4-7-12-10-9(11(14)15-3)6-5-8(2)13-10/h5-6H,4,7H2,1-3H3,(H,12,13). The van der Waals surface area contributed by atoms with E-state index in [0.717, 1.165) is 18.7 Å². The Morgan fingerprint density at radius 3 is 2.87 bits per heavy atom. The fraction of sp³-hybridized carbons (Fsp3) is 0.455. The molecule has 0 aliphatic heterocycles. The first-order chi connectivity index (χ1) is 7.19. The zero-order valence-corrected chi connectivity index (χ0v) is 9.33. The normalized spacial score (nSPS) is 9.80. The molecule has 1 aromatic heterocycles. The van der Waals surface area contributed by atoms with Crippen molar-refractivity contribution in [3.8, 4) is 0 Å². The summed E-state index contributed by atoms with van der Waals surface area (Å²) in [6.07, 6.45) is 0.982. The average molecular weight is 208 g/mol. The molecule has 1 rings (SSSR count). The molecule has 0 aliphatic carbocycles. The molecule has 15 heavy (non-hydrogen) atoms. The minimum atomic E-state index is -0.360. The lowest BCUT2D eigenvalue weighted by molar-refractivity contribution is 0.0601. The monoisotopic (exact) mass is 208 g/mol. The summed E-state index contributed by atoms with van der Waals surface area (Å²) >= 11 is 0. The van der Waals surface area contributed by atoms with Crippen LogP contribution in [0.25, 0.3) is 0 Å². The molecule has 4 heteroatoms. The maximum Gasteiger partial charge on any atom is 0.341 e. The molecule has 82 valence electrons. The van der Waals surface area contributed by atoms with Gasteiger partial charge in [-0.15, -0.1) is 0 Å². The zero-order valence-electron chi connectivity index (χ0n) is 9.33. The number of nitrogens with zero attached hydrogens (tertiary/aromatic N) is 1. The van der Waals surface area contributed by atoms with Crippen LogP contribution in [0, 0.1) is 6.92 Å². The lowest BCUT2D eigenvalue weighted by atomic mass is 10.2. The van der Waals surface area contributed by atoms with E-state index in [-0.39, 0.29) is 5.97 Å². The van der Waals surface area contributed by atoms with E-state index in [4.69, 9.17) is 0 Å². The van der Waals surface area contributed by atoms with Crippen molar-refractivity contribution in [3.05, 3.63) is 23.4 Å². The summed E-state index contributed by atoms with van der Waals surface area (Å²) in [4.78, 5) is 15.7. The highest BCUT2D eigenvalue weighted by atomic mass is 16.5. The number of methoxy groups -OCH3 is 1. The minimum Gasteiger partial charge on any atom is -0.465 e. The number of esters is 1. The smallest absolute Gasteiger partial charge is 0.341 e. The summed E-state index contributed by atoms with van der Waals surface area (Å²) in [5.41, 5.74) is 1.36. The number of hydrogen-bond donors (Lipinski definition) is 1. The Bertz CT molecular complexity index is 350. The van der Waals surface area contributed by atoms with Crippen LogP contribution in [0.3, 0.4) is 0 Å². The van der Waals surface area contributed by atoms with Gasteiger partial charge in [0.15, 0.2) is 0 Å². The second kappa shape index (κ2) is 5.34.